The number of aliphatic carboxylic acids is 1. The second kappa shape index (κ2) is 13.5. The molecule has 0 unspecified atom stereocenters. The maximum absolute atomic E-state index is 11.9. The van der Waals surface area contributed by atoms with Gasteiger partial charge in [0, 0.05) is 25.9 Å². The number of halogens is 3. The third-order valence-corrected chi connectivity index (χ3v) is 3.53. The molecule has 25 heavy (non-hydrogen) atoms. The Balaban J connectivity index is 3.35. The van der Waals surface area contributed by atoms with Crippen molar-refractivity contribution < 1.29 is 32.7 Å². The van der Waals surface area contributed by atoms with Gasteiger partial charge in [0.1, 0.15) is 0 Å². The number of hydrogen-bond acceptors (Lipinski definition) is 3. The lowest BCUT2D eigenvalue weighted by atomic mass is 10.1. The van der Waals surface area contributed by atoms with E-state index in [2.05, 4.69) is 5.32 Å². The van der Waals surface area contributed by atoms with E-state index < -0.39 is 18.1 Å². The molecule has 3 N–H and O–H groups in total. The first kappa shape index (κ1) is 23.2. The summed E-state index contributed by atoms with van der Waals surface area (Å²) >= 11 is 0. The molecule has 0 bridgehead atoms. The van der Waals surface area contributed by atoms with Crippen LogP contribution in [0.3, 0.4) is 0 Å². The first-order valence-corrected chi connectivity index (χ1v) is 8.57. The van der Waals surface area contributed by atoms with Crippen LogP contribution < -0.4 is 10.6 Å². The van der Waals surface area contributed by atoms with Crippen LogP contribution in [0.25, 0.3) is 0 Å². The zero-order valence-corrected chi connectivity index (χ0v) is 14.3. The molecule has 0 aromatic heterocycles. The average Bonchev–Trinajstić information content (AvgIpc) is 2.51. The Labute approximate surface area is 145 Å². The topological polar surface area (TPSA) is 95.5 Å². The van der Waals surface area contributed by atoms with Gasteiger partial charge in [-0.25, -0.2) is 0 Å². The molecule has 0 rings (SSSR count). The fourth-order valence-corrected chi connectivity index (χ4v) is 2.17. The lowest BCUT2D eigenvalue weighted by molar-refractivity contribution is -0.173. The van der Waals surface area contributed by atoms with Crippen molar-refractivity contribution in [3.8, 4) is 0 Å². The Morgan fingerprint density at radius 1 is 0.720 bits per heavy atom. The Morgan fingerprint density at radius 3 is 1.76 bits per heavy atom. The van der Waals surface area contributed by atoms with Gasteiger partial charge >= 0.3 is 18.1 Å². The summed E-state index contributed by atoms with van der Waals surface area (Å²) in [6.45, 7) is 0.122. The zero-order valence-electron chi connectivity index (χ0n) is 14.3. The molecule has 0 saturated carbocycles. The Hall–Kier alpha value is -1.80. The van der Waals surface area contributed by atoms with Crippen LogP contribution >= 0.6 is 0 Å². The first-order valence-electron chi connectivity index (χ1n) is 8.57. The van der Waals surface area contributed by atoms with Gasteiger partial charge in [-0.05, 0) is 12.8 Å². The van der Waals surface area contributed by atoms with E-state index in [0.29, 0.717) is 13.0 Å². The highest BCUT2D eigenvalue weighted by molar-refractivity contribution is 5.82. The Bertz CT molecular complexity index is 415. The van der Waals surface area contributed by atoms with Gasteiger partial charge in [0.05, 0.1) is 0 Å². The molecule has 0 aliphatic heterocycles. The van der Waals surface area contributed by atoms with Crippen LogP contribution in [0.15, 0.2) is 0 Å². The zero-order chi connectivity index (χ0) is 19.1. The molecule has 146 valence electrons. The fourth-order valence-electron chi connectivity index (χ4n) is 2.17. The molecule has 6 nitrogen and oxygen atoms in total. The van der Waals surface area contributed by atoms with Gasteiger partial charge in [-0.15, -0.1) is 0 Å². The summed E-state index contributed by atoms with van der Waals surface area (Å²) in [6.07, 6.45) is 2.65. The Kier molecular flexibility index (Phi) is 12.5. The molecule has 0 aliphatic rings. The van der Waals surface area contributed by atoms with Gasteiger partial charge < -0.3 is 15.7 Å². The number of carboxylic acids is 1. The molecule has 0 heterocycles. The first-order chi connectivity index (χ1) is 11.7. The van der Waals surface area contributed by atoms with Gasteiger partial charge in [0.15, 0.2) is 0 Å². The summed E-state index contributed by atoms with van der Waals surface area (Å²) in [7, 11) is 0. The van der Waals surface area contributed by atoms with Crippen LogP contribution in [0.5, 0.6) is 0 Å². The summed E-state index contributed by atoms with van der Waals surface area (Å²) in [5.41, 5.74) is 0. The van der Waals surface area contributed by atoms with E-state index in [0.717, 1.165) is 44.9 Å². The van der Waals surface area contributed by atoms with E-state index >= 15 is 0 Å². The smallest absolute Gasteiger partial charge is 0.471 e. The summed E-state index contributed by atoms with van der Waals surface area (Å²) in [6, 6.07) is 0. The van der Waals surface area contributed by atoms with E-state index in [1.165, 1.54) is 0 Å². The van der Waals surface area contributed by atoms with Crippen LogP contribution in [-0.2, 0) is 14.4 Å². The molecule has 2 amide bonds. The molecular formula is C16H27F3N2O4. The predicted octanol–water partition coefficient (Wildman–Crippen LogP) is 2.77. The number of alkyl halides is 3. The molecule has 0 atom stereocenters. The second-order valence-corrected chi connectivity index (χ2v) is 5.83. The number of hydrogen-bond donors (Lipinski definition) is 3. The Morgan fingerprint density at radius 2 is 1.24 bits per heavy atom. The van der Waals surface area contributed by atoms with Crippen molar-refractivity contribution in [1.82, 2.24) is 10.6 Å². The molecule has 0 spiro atoms. The number of rotatable bonds is 14. The number of unbranched alkanes of at least 4 members (excludes halogenated alkanes) is 7. The normalized spacial score (nSPS) is 11.2. The minimum absolute atomic E-state index is 0.182. The molecule has 9 heteroatoms. The average molecular weight is 368 g/mol. The minimum Gasteiger partial charge on any atom is -0.481 e. The predicted molar refractivity (Wildman–Crippen MR) is 85.9 cm³/mol. The molecule has 0 aromatic carbocycles. The van der Waals surface area contributed by atoms with Crippen molar-refractivity contribution in [2.45, 2.75) is 70.4 Å². The van der Waals surface area contributed by atoms with Gasteiger partial charge in [0.25, 0.3) is 0 Å². The van der Waals surface area contributed by atoms with Crippen LogP contribution in [0.1, 0.15) is 64.2 Å². The lowest BCUT2D eigenvalue weighted by Gasteiger charge is -2.08. The summed E-state index contributed by atoms with van der Waals surface area (Å²) < 4.78 is 35.7. The molecule has 0 aliphatic carbocycles. The van der Waals surface area contributed by atoms with Crippen molar-refractivity contribution in [2.24, 2.45) is 0 Å². The van der Waals surface area contributed by atoms with Crippen molar-refractivity contribution in [1.29, 1.82) is 0 Å². The quantitative estimate of drug-likeness (QED) is 0.411. The molecular weight excluding hydrogens is 341 g/mol. The van der Waals surface area contributed by atoms with E-state index in [9.17, 15) is 27.6 Å². The van der Waals surface area contributed by atoms with Crippen molar-refractivity contribution >= 4 is 17.8 Å². The second-order valence-electron chi connectivity index (χ2n) is 5.83. The third-order valence-electron chi connectivity index (χ3n) is 3.53. The van der Waals surface area contributed by atoms with E-state index in [-0.39, 0.29) is 25.3 Å². The third kappa shape index (κ3) is 15.5. The molecule has 0 fully saturated rings. The SMILES string of the molecule is O=C(O)CCCCCCCCCCNC(=O)CCNC(=O)C(F)(F)F. The highest BCUT2D eigenvalue weighted by atomic mass is 19.4. The van der Waals surface area contributed by atoms with Crippen LogP contribution in [-0.4, -0.2) is 42.2 Å². The number of nitrogens with one attached hydrogen (secondary N) is 2. The highest BCUT2D eigenvalue weighted by Gasteiger charge is 2.38. The minimum atomic E-state index is -4.92. The van der Waals surface area contributed by atoms with Crippen LogP contribution in [0.2, 0.25) is 0 Å². The van der Waals surface area contributed by atoms with Crippen molar-refractivity contribution in [2.75, 3.05) is 13.1 Å². The van der Waals surface area contributed by atoms with Gasteiger partial charge in [-0.2, -0.15) is 13.2 Å². The van der Waals surface area contributed by atoms with Crippen LogP contribution in [0, 0.1) is 0 Å². The molecule has 0 saturated heterocycles. The number of carbonyl (C=O) groups is 3. The molecule has 0 aromatic rings. The summed E-state index contributed by atoms with van der Waals surface area (Å²) in [5, 5.41) is 12.7. The van der Waals surface area contributed by atoms with E-state index in [1.807, 2.05) is 0 Å². The highest BCUT2D eigenvalue weighted by Crippen LogP contribution is 2.13. The maximum atomic E-state index is 11.9. The summed E-state index contributed by atoms with van der Waals surface area (Å²) in [4.78, 5) is 32.2. The van der Waals surface area contributed by atoms with Crippen molar-refractivity contribution in [3.63, 3.8) is 0 Å². The van der Waals surface area contributed by atoms with E-state index in [4.69, 9.17) is 5.11 Å². The van der Waals surface area contributed by atoms with Gasteiger partial charge in [-0.3, -0.25) is 14.4 Å². The van der Waals surface area contributed by atoms with Gasteiger partial charge in [-0.1, -0.05) is 38.5 Å². The van der Waals surface area contributed by atoms with Crippen molar-refractivity contribution in [3.05, 3.63) is 0 Å². The largest absolute Gasteiger partial charge is 0.481 e. The number of carboxylic acid groups (broad SMARTS) is 1. The maximum Gasteiger partial charge on any atom is 0.471 e. The van der Waals surface area contributed by atoms with E-state index in [1.54, 1.807) is 5.32 Å². The fraction of sp³-hybridized carbons (Fsp3) is 0.812. The van der Waals surface area contributed by atoms with Gasteiger partial charge in [0.2, 0.25) is 5.91 Å². The van der Waals surface area contributed by atoms with Crippen LogP contribution in [0.4, 0.5) is 13.2 Å². The molecule has 0 radical (unpaired) electrons. The summed E-state index contributed by atoms with van der Waals surface area (Å²) in [5.74, 6) is -3.19. The monoisotopic (exact) mass is 368 g/mol. The number of amides is 2. The lowest BCUT2D eigenvalue weighted by Crippen LogP contribution is -2.39. The standard InChI is InChI=1S/C16H27F3N2O4/c17-16(18,19)15(25)21-12-10-13(22)20-11-8-6-4-2-1-3-5-7-9-14(23)24/h1-12H2,(H,20,22)(H,21,25)(H,23,24). The number of carbonyl (C=O) groups excluding carboxylic acids is 2.